The maximum atomic E-state index is 11.9. The zero-order chi connectivity index (χ0) is 16.9. The summed E-state index contributed by atoms with van der Waals surface area (Å²) in [6.45, 7) is 5.72. The van der Waals surface area contributed by atoms with Crippen LogP contribution in [0.5, 0.6) is 5.75 Å². The summed E-state index contributed by atoms with van der Waals surface area (Å²) in [5, 5.41) is 9.99. The Kier molecular flexibility index (Phi) is 4.69. The van der Waals surface area contributed by atoms with Crippen LogP contribution in [0.2, 0.25) is 0 Å². The average Bonchev–Trinajstić information content (AvgIpc) is 3.09. The van der Waals surface area contributed by atoms with Gasteiger partial charge in [-0.05, 0) is 38.1 Å². The SMILES string of the molecule is CCOc1ccc(NC(=O)NCCn2ccn3nc(C)cc23)cc1. The molecule has 2 aromatic heterocycles. The molecule has 1 aromatic carbocycles. The molecule has 0 atom stereocenters. The molecule has 2 N–H and O–H groups in total. The molecule has 0 saturated heterocycles. The Morgan fingerprint density at radius 3 is 2.79 bits per heavy atom. The number of nitrogens with zero attached hydrogens (tertiary/aromatic N) is 3. The molecule has 0 aliphatic carbocycles. The summed E-state index contributed by atoms with van der Waals surface area (Å²) in [4.78, 5) is 11.9. The largest absolute Gasteiger partial charge is 0.494 e. The lowest BCUT2D eigenvalue weighted by Gasteiger charge is -2.09. The third-order valence-electron chi connectivity index (χ3n) is 3.58. The summed E-state index contributed by atoms with van der Waals surface area (Å²) >= 11 is 0. The first-order valence-corrected chi connectivity index (χ1v) is 7.94. The second kappa shape index (κ2) is 7.08. The number of benzene rings is 1. The molecule has 0 bridgehead atoms. The molecule has 0 unspecified atom stereocenters. The number of fused-ring (bicyclic) bond motifs is 1. The van der Waals surface area contributed by atoms with E-state index in [4.69, 9.17) is 4.74 Å². The third-order valence-corrected chi connectivity index (χ3v) is 3.58. The van der Waals surface area contributed by atoms with Gasteiger partial charge in [-0.25, -0.2) is 9.31 Å². The van der Waals surface area contributed by atoms with E-state index in [1.807, 2.05) is 61.1 Å². The number of hydrogen-bond acceptors (Lipinski definition) is 3. The number of aryl methyl sites for hydroxylation is 1. The molecular weight excluding hydrogens is 306 g/mol. The molecule has 0 radical (unpaired) electrons. The van der Waals surface area contributed by atoms with Crippen LogP contribution in [0.25, 0.3) is 5.65 Å². The van der Waals surface area contributed by atoms with Crippen molar-refractivity contribution in [2.45, 2.75) is 20.4 Å². The van der Waals surface area contributed by atoms with Crippen LogP contribution < -0.4 is 15.4 Å². The van der Waals surface area contributed by atoms with Crippen LogP contribution in [0.4, 0.5) is 10.5 Å². The second-order valence-electron chi connectivity index (χ2n) is 5.42. The van der Waals surface area contributed by atoms with E-state index in [0.29, 0.717) is 19.7 Å². The Labute approximate surface area is 140 Å². The van der Waals surface area contributed by atoms with Gasteiger partial charge in [-0.3, -0.25) is 0 Å². The van der Waals surface area contributed by atoms with Crippen LogP contribution in [0.3, 0.4) is 0 Å². The summed E-state index contributed by atoms with van der Waals surface area (Å²) < 4.78 is 9.25. The van der Waals surface area contributed by atoms with Crippen LogP contribution in [0, 0.1) is 6.92 Å². The molecule has 0 fully saturated rings. The van der Waals surface area contributed by atoms with Gasteiger partial charge in [0, 0.05) is 37.2 Å². The zero-order valence-corrected chi connectivity index (χ0v) is 13.8. The number of imidazole rings is 1. The number of rotatable bonds is 6. The van der Waals surface area contributed by atoms with E-state index in [-0.39, 0.29) is 6.03 Å². The standard InChI is InChI=1S/C17H21N5O2/c1-3-24-15-6-4-14(5-7-15)19-17(23)18-8-9-21-10-11-22-16(21)12-13(2)20-22/h4-7,10-12H,3,8-9H2,1-2H3,(H2,18,19,23). The van der Waals surface area contributed by atoms with Crippen molar-refractivity contribution in [1.82, 2.24) is 19.5 Å². The Morgan fingerprint density at radius 2 is 2.04 bits per heavy atom. The number of aromatic nitrogens is 3. The van der Waals surface area contributed by atoms with Gasteiger partial charge in [-0.2, -0.15) is 5.10 Å². The maximum Gasteiger partial charge on any atom is 0.319 e. The lowest BCUT2D eigenvalue weighted by molar-refractivity contribution is 0.251. The summed E-state index contributed by atoms with van der Waals surface area (Å²) in [5.74, 6) is 0.788. The van der Waals surface area contributed by atoms with Crippen molar-refractivity contribution in [3.63, 3.8) is 0 Å². The number of anilines is 1. The van der Waals surface area contributed by atoms with Crippen molar-refractivity contribution >= 4 is 17.4 Å². The van der Waals surface area contributed by atoms with Gasteiger partial charge in [0.15, 0.2) is 0 Å². The number of urea groups is 1. The van der Waals surface area contributed by atoms with Gasteiger partial charge in [0.1, 0.15) is 11.4 Å². The number of hydrogen-bond donors (Lipinski definition) is 2. The zero-order valence-electron chi connectivity index (χ0n) is 13.8. The van der Waals surface area contributed by atoms with Crippen molar-refractivity contribution in [2.75, 3.05) is 18.5 Å². The maximum absolute atomic E-state index is 11.9. The van der Waals surface area contributed by atoms with Crippen molar-refractivity contribution in [3.8, 4) is 5.75 Å². The van der Waals surface area contributed by atoms with Crippen molar-refractivity contribution in [2.24, 2.45) is 0 Å². The predicted octanol–water partition coefficient (Wildman–Crippen LogP) is 2.66. The number of carbonyl (C=O) groups excluding carboxylic acids is 1. The van der Waals surface area contributed by atoms with Gasteiger partial charge in [0.05, 0.1) is 12.3 Å². The minimum absolute atomic E-state index is 0.230. The highest BCUT2D eigenvalue weighted by Crippen LogP contribution is 2.15. The number of ether oxygens (including phenoxy) is 1. The van der Waals surface area contributed by atoms with Gasteiger partial charge in [0.25, 0.3) is 0 Å². The molecule has 0 spiro atoms. The highest BCUT2D eigenvalue weighted by atomic mass is 16.5. The Morgan fingerprint density at radius 1 is 1.25 bits per heavy atom. The third kappa shape index (κ3) is 3.68. The van der Waals surface area contributed by atoms with Crippen LogP contribution in [-0.2, 0) is 6.54 Å². The molecule has 0 saturated carbocycles. The Balaban J connectivity index is 1.48. The second-order valence-corrected chi connectivity index (χ2v) is 5.42. The highest BCUT2D eigenvalue weighted by molar-refractivity contribution is 5.89. The fourth-order valence-corrected chi connectivity index (χ4v) is 2.50. The molecule has 0 aliphatic rings. The molecule has 2 amide bonds. The van der Waals surface area contributed by atoms with Gasteiger partial charge < -0.3 is 19.9 Å². The van der Waals surface area contributed by atoms with E-state index in [1.54, 1.807) is 0 Å². The number of carbonyl (C=O) groups is 1. The summed E-state index contributed by atoms with van der Waals surface area (Å²) in [6.07, 6.45) is 3.86. The van der Waals surface area contributed by atoms with Crippen LogP contribution >= 0.6 is 0 Å². The summed E-state index contributed by atoms with van der Waals surface area (Å²) in [7, 11) is 0. The number of amides is 2. The van der Waals surface area contributed by atoms with E-state index in [1.165, 1.54) is 0 Å². The first kappa shape index (κ1) is 15.9. The first-order valence-electron chi connectivity index (χ1n) is 7.94. The Hall–Kier alpha value is -2.96. The van der Waals surface area contributed by atoms with E-state index >= 15 is 0 Å². The summed E-state index contributed by atoms with van der Waals surface area (Å²) in [5.41, 5.74) is 2.72. The Bertz CT molecular complexity index is 819. The van der Waals surface area contributed by atoms with Crippen molar-refractivity contribution in [1.29, 1.82) is 0 Å². The van der Waals surface area contributed by atoms with E-state index in [2.05, 4.69) is 20.3 Å². The number of nitrogens with one attached hydrogen (secondary N) is 2. The van der Waals surface area contributed by atoms with Gasteiger partial charge in [-0.15, -0.1) is 0 Å². The molecule has 3 aromatic rings. The molecule has 24 heavy (non-hydrogen) atoms. The lowest BCUT2D eigenvalue weighted by Crippen LogP contribution is -2.31. The molecule has 7 nitrogen and oxygen atoms in total. The fraction of sp³-hybridized carbons (Fsp3) is 0.294. The van der Waals surface area contributed by atoms with E-state index in [9.17, 15) is 4.79 Å². The fourth-order valence-electron chi connectivity index (χ4n) is 2.50. The quantitative estimate of drug-likeness (QED) is 0.731. The van der Waals surface area contributed by atoms with Crippen LogP contribution in [0.1, 0.15) is 12.6 Å². The molecule has 7 heteroatoms. The van der Waals surface area contributed by atoms with Gasteiger partial charge >= 0.3 is 6.03 Å². The van der Waals surface area contributed by atoms with E-state index < -0.39 is 0 Å². The smallest absolute Gasteiger partial charge is 0.319 e. The summed E-state index contributed by atoms with van der Waals surface area (Å²) in [6, 6.07) is 9.08. The molecule has 3 rings (SSSR count). The van der Waals surface area contributed by atoms with Crippen LogP contribution in [-0.4, -0.2) is 33.4 Å². The monoisotopic (exact) mass is 327 g/mol. The normalized spacial score (nSPS) is 10.8. The minimum Gasteiger partial charge on any atom is -0.494 e. The van der Waals surface area contributed by atoms with Crippen molar-refractivity contribution in [3.05, 3.63) is 48.4 Å². The molecule has 0 aliphatic heterocycles. The van der Waals surface area contributed by atoms with Crippen molar-refractivity contribution < 1.29 is 9.53 Å². The first-order chi connectivity index (χ1) is 11.7. The average molecular weight is 327 g/mol. The van der Waals surface area contributed by atoms with Crippen LogP contribution in [0.15, 0.2) is 42.7 Å². The minimum atomic E-state index is -0.230. The predicted molar refractivity (Wildman–Crippen MR) is 92.6 cm³/mol. The topological polar surface area (TPSA) is 72.6 Å². The molecule has 126 valence electrons. The molecule has 2 heterocycles. The van der Waals surface area contributed by atoms with Gasteiger partial charge in [0.2, 0.25) is 0 Å². The highest BCUT2D eigenvalue weighted by Gasteiger charge is 2.05. The molecular formula is C17H21N5O2. The van der Waals surface area contributed by atoms with Gasteiger partial charge in [-0.1, -0.05) is 0 Å². The lowest BCUT2D eigenvalue weighted by atomic mass is 10.3. The van der Waals surface area contributed by atoms with E-state index in [0.717, 1.165) is 22.8 Å².